The highest BCUT2D eigenvalue weighted by atomic mass is 35.5. The van der Waals surface area contributed by atoms with Gasteiger partial charge in [0.25, 0.3) is 5.91 Å². The molecule has 1 aromatic heterocycles. The third kappa shape index (κ3) is 5.74. The van der Waals surface area contributed by atoms with Gasteiger partial charge in [-0.15, -0.1) is 0 Å². The molecule has 3 unspecified atom stereocenters. The highest BCUT2D eigenvalue weighted by Gasteiger charge is 2.64. The van der Waals surface area contributed by atoms with E-state index in [1.165, 1.54) is 7.05 Å². The molecule has 6 rings (SSSR count). The van der Waals surface area contributed by atoms with E-state index in [0.717, 1.165) is 17.2 Å². The highest BCUT2D eigenvalue weighted by molar-refractivity contribution is 6.30. The van der Waals surface area contributed by atoms with Gasteiger partial charge in [-0.2, -0.15) is 0 Å². The Balaban J connectivity index is 1.32. The summed E-state index contributed by atoms with van der Waals surface area (Å²) in [5, 5.41) is 15.3. The number of hydrogen-bond donors (Lipinski definition) is 3. The van der Waals surface area contributed by atoms with Gasteiger partial charge in [0, 0.05) is 49.3 Å². The highest BCUT2D eigenvalue weighted by Crippen LogP contribution is 2.53. The van der Waals surface area contributed by atoms with Crippen molar-refractivity contribution in [3.63, 3.8) is 0 Å². The lowest BCUT2D eigenvalue weighted by atomic mass is 9.76. The second kappa shape index (κ2) is 12.4. The van der Waals surface area contributed by atoms with E-state index in [1.807, 2.05) is 48.5 Å². The van der Waals surface area contributed by atoms with E-state index in [1.54, 1.807) is 47.4 Å². The monoisotopic (exact) mass is 636 g/mol. The van der Waals surface area contributed by atoms with Crippen LogP contribution >= 0.6 is 11.6 Å². The molecule has 9 nitrogen and oxygen atoms in total. The molecule has 1 aliphatic carbocycles. The van der Waals surface area contributed by atoms with Crippen molar-refractivity contribution < 1.29 is 18.8 Å². The predicted octanol–water partition coefficient (Wildman–Crippen LogP) is 4.89. The molecule has 3 atom stereocenters. The van der Waals surface area contributed by atoms with Crippen LogP contribution in [0, 0.1) is 10.8 Å². The van der Waals surface area contributed by atoms with Gasteiger partial charge in [0.05, 0.1) is 5.39 Å². The van der Waals surface area contributed by atoms with Crippen molar-refractivity contribution in [2.24, 2.45) is 5.41 Å². The number of likely N-dealkylation sites (tertiary alicyclic amines) is 1. The summed E-state index contributed by atoms with van der Waals surface area (Å²) in [5.74, 6) is -2.06. The lowest BCUT2D eigenvalue weighted by Crippen LogP contribution is -2.61. The van der Waals surface area contributed by atoms with E-state index in [-0.39, 0.29) is 53.8 Å². The number of allylic oxidation sites excluding steroid dienone is 1. The van der Waals surface area contributed by atoms with Crippen molar-refractivity contribution >= 4 is 46.0 Å². The Kier molecular flexibility index (Phi) is 8.35. The van der Waals surface area contributed by atoms with Crippen molar-refractivity contribution in [2.45, 2.75) is 30.7 Å². The number of hydrogen-bond acceptors (Lipinski definition) is 6. The molecule has 3 N–H and O–H groups in total. The van der Waals surface area contributed by atoms with Crippen molar-refractivity contribution in [1.82, 2.24) is 15.5 Å². The third-order valence-corrected chi connectivity index (χ3v) is 9.19. The Morgan fingerprint density at radius 2 is 1.76 bits per heavy atom. The zero-order valence-corrected chi connectivity index (χ0v) is 26.0. The summed E-state index contributed by atoms with van der Waals surface area (Å²) in [6.07, 6.45) is 4.61. The van der Waals surface area contributed by atoms with Gasteiger partial charge >= 0.3 is 0 Å². The van der Waals surface area contributed by atoms with Gasteiger partial charge in [-0.3, -0.25) is 19.2 Å². The Morgan fingerprint density at radius 3 is 2.50 bits per heavy atom. The van der Waals surface area contributed by atoms with Crippen LogP contribution in [0.15, 0.2) is 106 Å². The third-order valence-electron chi connectivity index (χ3n) is 8.94. The molecule has 1 saturated carbocycles. The minimum absolute atomic E-state index is 0.0638. The van der Waals surface area contributed by atoms with Crippen LogP contribution in [0.4, 0.5) is 0 Å². The molecule has 2 fully saturated rings. The molecular formula is C36H33ClN4O5. The number of nitrogens with zero attached hydrogens (tertiary/aromatic N) is 1. The maximum atomic E-state index is 14.5. The van der Waals surface area contributed by atoms with Gasteiger partial charge in [0.1, 0.15) is 16.5 Å². The number of rotatable bonds is 8. The van der Waals surface area contributed by atoms with Gasteiger partial charge in [0.15, 0.2) is 11.2 Å². The zero-order chi connectivity index (χ0) is 32.5. The van der Waals surface area contributed by atoms with Crippen LogP contribution in [0.3, 0.4) is 0 Å². The standard InChI is InChI=1S/C36H33ClN4O5/c1-39-33(44)35(18-7-10-23-8-3-2-4-9-23)22-41(19-17-31(35)38)34(45)36(21-27(36)24-13-15-25(37)16-14-24)40-32(43)30-20-28(42)26-11-5-6-12-29(26)46-30/h2-9,11-16,18,20,27,38H,10,17,19,21-22H2,1H3,(H,39,44)(H,40,43)/b18-7+,38-31?. The van der Waals surface area contributed by atoms with Crippen LogP contribution in [0.2, 0.25) is 5.02 Å². The number of halogens is 1. The van der Waals surface area contributed by atoms with Gasteiger partial charge in [-0.25, -0.2) is 0 Å². The SMILES string of the molecule is CNC(=O)C1(/C=C/Cc2ccccc2)CN(C(=O)C2(NC(=O)c3cc(=O)c4ccccc4o3)CC2c2ccc(Cl)cc2)CCC1=N. The van der Waals surface area contributed by atoms with E-state index < -0.39 is 22.8 Å². The molecule has 10 heteroatoms. The second-order valence-electron chi connectivity index (χ2n) is 11.8. The van der Waals surface area contributed by atoms with Crippen molar-refractivity contribution in [2.75, 3.05) is 20.1 Å². The average molecular weight is 637 g/mol. The first-order valence-corrected chi connectivity index (χ1v) is 15.5. The number of fused-ring (bicyclic) bond motifs is 1. The number of para-hydroxylation sites is 1. The smallest absolute Gasteiger partial charge is 0.288 e. The van der Waals surface area contributed by atoms with Gasteiger partial charge < -0.3 is 25.4 Å². The summed E-state index contributed by atoms with van der Waals surface area (Å²) in [6.45, 7) is 0.143. The van der Waals surface area contributed by atoms with Crippen molar-refractivity contribution in [3.8, 4) is 0 Å². The van der Waals surface area contributed by atoms with E-state index in [4.69, 9.17) is 21.4 Å². The fourth-order valence-electron chi connectivity index (χ4n) is 6.34. The van der Waals surface area contributed by atoms with Gasteiger partial charge in [-0.05, 0) is 48.2 Å². The predicted molar refractivity (Wildman–Crippen MR) is 176 cm³/mol. The fraction of sp³-hybridized carbons (Fsp3) is 0.250. The van der Waals surface area contributed by atoms with E-state index in [9.17, 15) is 19.2 Å². The maximum Gasteiger partial charge on any atom is 0.288 e. The van der Waals surface area contributed by atoms with Crippen LogP contribution in [-0.4, -0.2) is 54.0 Å². The molecule has 0 spiro atoms. The number of benzene rings is 3. The van der Waals surface area contributed by atoms with Gasteiger partial charge in [-0.1, -0.05) is 78.4 Å². The summed E-state index contributed by atoms with van der Waals surface area (Å²) in [4.78, 5) is 56.0. The molecule has 1 saturated heterocycles. The molecular weight excluding hydrogens is 604 g/mol. The first-order valence-electron chi connectivity index (χ1n) is 15.1. The molecule has 0 radical (unpaired) electrons. The Morgan fingerprint density at radius 1 is 1.04 bits per heavy atom. The lowest BCUT2D eigenvalue weighted by molar-refractivity contribution is -0.137. The van der Waals surface area contributed by atoms with E-state index >= 15 is 0 Å². The normalized spacial score (nSPS) is 22.5. The van der Waals surface area contributed by atoms with E-state index in [0.29, 0.717) is 23.3 Å². The molecule has 3 amide bonds. The summed E-state index contributed by atoms with van der Waals surface area (Å²) < 4.78 is 5.79. The quantitative estimate of drug-likeness (QED) is 0.237. The Hall–Kier alpha value is -5.02. The summed E-state index contributed by atoms with van der Waals surface area (Å²) in [6, 6.07) is 24.6. The second-order valence-corrected chi connectivity index (χ2v) is 12.2. The van der Waals surface area contributed by atoms with Crippen LogP contribution in [0.25, 0.3) is 11.0 Å². The molecule has 2 heterocycles. The number of piperidine rings is 1. The number of amides is 3. The number of nitrogens with one attached hydrogen (secondary N) is 3. The minimum Gasteiger partial charge on any atom is -0.451 e. The summed E-state index contributed by atoms with van der Waals surface area (Å²) in [5.41, 5.74) is -0.784. The topological polar surface area (TPSA) is 133 Å². The van der Waals surface area contributed by atoms with Crippen molar-refractivity contribution in [1.29, 1.82) is 5.41 Å². The molecule has 2 aliphatic rings. The average Bonchev–Trinajstić information content (AvgIpc) is 3.80. The summed E-state index contributed by atoms with van der Waals surface area (Å²) >= 11 is 6.14. The Bertz CT molecular complexity index is 1910. The largest absolute Gasteiger partial charge is 0.451 e. The molecule has 4 aromatic rings. The molecule has 0 bridgehead atoms. The van der Waals surface area contributed by atoms with Crippen LogP contribution in [0.5, 0.6) is 0 Å². The Labute approximate surface area is 270 Å². The fourth-order valence-corrected chi connectivity index (χ4v) is 6.47. The number of carbonyl (C=O) groups excluding carboxylic acids is 3. The number of carbonyl (C=O) groups is 3. The first kappa shape index (κ1) is 31.0. The molecule has 3 aromatic carbocycles. The molecule has 46 heavy (non-hydrogen) atoms. The molecule has 1 aliphatic heterocycles. The van der Waals surface area contributed by atoms with Crippen LogP contribution < -0.4 is 16.1 Å². The lowest BCUT2D eigenvalue weighted by Gasteiger charge is -2.41. The minimum atomic E-state index is -1.38. The maximum absolute atomic E-state index is 14.5. The zero-order valence-electron chi connectivity index (χ0n) is 25.2. The summed E-state index contributed by atoms with van der Waals surface area (Å²) in [7, 11) is 1.51. The van der Waals surface area contributed by atoms with Crippen LogP contribution in [0.1, 0.15) is 40.4 Å². The van der Waals surface area contributed by atoms with Gasteiger partial charge in [0.2, 0.25) is 11.8 Å². The van der Waals surface area contributed by atoms with Crippen LogP contribution in [-0.2, 0) is 16.0 Å². The van der Waals surface area contributed by atoms with E-state index in [2.05, 4.69) is 10.6 Å². The van der Waals surface area contributed by atoms with Crippen molar-refractivity contribution in [3.05, 3.63) is 129 Å². The first-order chi connectivity index (χ1) is 22.2. The molecule has 234 valence electrons.